The van der Waals surface area contributed by atoms with Crippen molar-refractivity contribution in [3.63, 3.8) is 0 Å². The highest BCUT2D eigenvalue weighted by Crippen LogP contribution is 2.29. The molecule has 1 aliphatic rings. The van der Waals surface area contributed by atoms with Crippen LogP contribution in [-0.2, 0) is 14.3 Å². The summed E-state index contributed by atoms with van der Waals surface area (Å²) in [5.74, 6) is 0.153. The first-order chi connectivity index (χ1) is 13.6. The zero-order valence-corrected chi connectivity index (χ0v) is 17.6. The number of amides is 1. The first-order valence-electron chi connectivity index (χ1n) is 9.30. The number of hydrogen-bond acceptors (Lipinski definition) is 8. The van der Waals surface area contributed by atoms with E-state index in [1.807, 2.05) is 43.0 Å². The number of anilines is 2. The van der Waals surface area contributed by atoms with Gasteiger partial charge in [0.1, 0.15) is 0 Å². The third-order valence-electron chi connectivity index (χ3n) is 4.58. The summed E-state index contributed by atoms with van der Waals surface area (Å²) in [5, 5.41) is 12.3. The molecule has 9 heteroatoms. The molecule has 0 radical (unpaired) electrons. The van der Waals surface area contributed by atoms with E-state index in [4.69, 9.17) is 4.74 Å². The number of piperidine rings is 1. The average molecular weight is 421 g/mol. The Morgan fingerprint density at radius 2 is 2.04 bits per heavy atom. The summed E-state index contributed by atoms with van der Waals surface area (Å²) in [7, 11) is 0. The molecule has 1 aliphatic heterocycles. The Morgan fingerprint density at radius 1 is 1.29 bits per heavy atom. The Bertz CT molecular complexity index is 819. The van der Waals surface area contributed by atoms with Crippen LogP contribution in [0.1, 0.15) is 25.3 Å². The molecule has 0 saturated carbocycles. The van der Waals surface area contributed by atoms with Crippen molar-refractivity contribution in [2.75, 3.05) is 30.8 Å². The van der Waals surface area contributed by atoms with Gasteiger partial charge in [-0.05, 0) is 38.3 Å². The second-order valence-electron chi connectivity index (χ2n) is 6.51. The maximum atomic E-state index is 12.4. The summed E-state index contributed by atoms with van der Waals surface area (Å²) < 4.78 is 5.82. The summed E-state index contributed by atoms with van der Waals surface area (Å²) in [4.78, 5) is 26.1. The minimum atomic E-state index is -0.147. The highest BCUT2D eigenvalue weighted by atomic mass is 32.2. The maximum Gasteiger partial charge on any atom is 0.309 e. The molecule has 1 aromatic heterocycles. The fourth-order valence-corrected chi connectivity index (χ4v) is 4.65. The number of thioether (sulfide) groups is 1. The van der Waals surface area contributed by atoms with Crippen molar-refractivity contribution in [2.24, 2.45) is 5.92 Å². The van der Waals surface area contributed by atoms with Crippen molar-refractivity contribution in [3.8, 4) is 0 Å². The van der Waals surface area contributed by atoms with Gasteiger partial charge in [0, 0.05) is 18.8 Å². The predicted octanol–water partition coefficient (Wildman–Crippen LogP) is 3.48. The second kappa shape index (κ2) is 9.88. The highest BCUT2D eigenvalue weighted by Gasteiger charge is 2.28. The topological polar surface area (TPSA) is 84.4 Å². The molecule has 1 saturated heterocycles. The van der Waals surface area contributed by atoms with E-state index in [1.54, 1.807) is 0 Å². The Balaban J connectivity index is 1.45. The zero-order chi connectivity index (χ0) is 19.9. The van der Waals surface area contributed by atoms with E-state index in [2.05, 4.69) is 15.5 Å². The van der Waals surface area contributed by atoms with Gasteiger partial charge in [0.25, 0.3) is 0 Å². The van der Waals surface area contributed by atoms with Gasteiger partial charge in [-0.15, -0.1) is 10.2 Å². The molecule has 0 spiro atoms. The third-order valence-corrected chi connectivity index (χ3v) is 6.54. The molecule has 0 bridgehead atoms. The Labute approximate surface area is 172 Å². The number of para-hydroxylation sites is 1. The predicted molar refractivity (Wildman–Crippen MR) is 111 cm³/mol. The number of nitrogens with one attached hydrogen (secondary N) is 1. The van der Waals surface area contributed by atoms with Gasteiger partial charge in [-0.25, -0.2) is 0 Å². The van der Waals surface area contributed by atoms with Crippen molar-refractivity contribution >= 4 is 45.8 Å². The molecule has 3 rings (SSSR count). The number of nitrogens with zero attached hydrogens (tertiary/aromatic N) is 3. The summed E-state index contributed by atoms with van der Waals surface area (Å²) in [5.41, 5.74) is 2.13. The van der Waals surface area contributed by atoms with Gasteiger partial charge >= 0.3 is 5.97 Å². The van der Waals surface area contributed by atoms with Crippen LogP contribution in [0.5, 0.6) is 0 Å². The first kappa shape index (κ1) is 20.6. The summed E-state index contributed by atoms with van der Waals surface area (Å²) in [6.45, 7) is 5.43. The van der Waals surface area contributed by atoms with Crippen LogP contribution in [0, 0.1) is 12.8 Å². The fourth-order valence-electron chi connectivity index (χ4n) is 2.99. The van der Waals surface area contributed by atoms with Crippen molar-refractivity contribution in [2.45, 2.75) is 31.0 Å². The van der Waals surface area contributed by atoms with E-state index in [0.29, 0.717) is 43.4 Å². The average Bonchev–Trinajstić information content (AvgIpc) is 3.15. The monoisotopic (exact) mass is 420 g/mol. The van der Waals surface area contributed by atoms with Crippen molar-refractivity contribution in [1.82, 2.24) is 15.1 Å². The minimum absolute atomic E-state index is 0.0657. The van der Waals surface area contributed by atoms with Crippen LogP contribution in [0.25, 0.3) is 0 Å². The first-order valence-corrected chi connectivity index (χ1v) is 11.1. The van der Waals surface area contributed by atoms with Crippen LogP contribution in [0.3, 0.4) is 0 Å². The lowest BCUT2D eigenvalue weighted by atomic mass is 9.97. The molecule has 2 aromatic rings. The van der Waals surface area contributed by atoms with E-state index >= 15 is 0 Å². The molecule has 1 amide bonds. The number of carbonyl (C=O) groups excluding carboxylic acids is 2. The van der Waals surface area contributed by atoms with Gasteiger partial charge in [0.2, 0.25) is 11.0 Å². The normalized spacial score (nSPS) is 14.7. The van der Waals surface area contributed by atoms with Crippen LogP contribution in [0.2, 0.25) is 0 Å². The van der Waals surface area contributed by atoms with Crippen LogP contribution in [0.15, 0.2) is 28.6 Å². The molecule has 1 aromatic carbocycles. The smallest absolute Gasteiger partial charge is 0.309 e. The van der Waals surface area contributed by atoms with Crippen molar-refractivity contribution in [1.29, 1.82) is 0 Å². The molecule has 1 N–H and O–H groups in total. The minimum Gasteiger partial charge on any atom is -0.466 e. The number of hydrogen-bond donors (Lipinski definition) is 1. The van der Waals surface area contributed by atoms with Gasteiger partial charge in [-0.1, -0.05) is 41.3 Å². The second-order valence-corrected chi connectivity index (χ2v) is 8.71. The van der Waals surface area contributed by atoms with Crippen LogP contribution >= 0.6 is 23.1 Å². The fraction of sp³-hybridized carbons (Fsp3) is 0.474. The van der Waals surface area contributed by atoms with E-state index in [9.17, 15) is 9.59 Å². The van der Waals surface area contributed by atoms with Gasteiger partial charge in [0.15, 0.2) is 4.34 Å². The number of ether oxygens (including phenoxy) is 1. The van der Waals surface area contributed by atoms with Gasteiger partial charge in [-0.3, -0.25) is 9.59 Å². The van der Waals surface area contributed by atoms with Crippen molar-refractivity contribution in [3.05, 3.63) is 29.8 Å². The van der Waals surface area contributed by atoms with E-state index < -0.39 is 0 Å². The standard InChI is InChI=1S/C19H24N4O3S2/c1-3-26-17(25)14-8-10-23(11-9-14)16(24)12-27-19-22-21-18(28-19)20-15-7-5-4-6-13(15)2/h4-7,14H,3,8-12H2,1-2H3,(H,20,21). The maximum absolute atomic E-state index is 12.4. The number of benzene rings is 1. The summed E-state index contributed by atoms with van der Waals surface area (Å²) in [6.07, 6.45) is 1.33. The Morgan fingerprint density at radius 3 is 2.75 bits per heavy atom. The molecule has 0 atom stereocenters. The molecular formula is C19H24N4O3S2. The Kier molecular flexibility index (Phi) is 7.27. The number of carbonyl (C=O) groups is 2. The van der Waals surface area contributed by atoms with Gasteiger partial charge in [-0.2, -0.15) is 0 Å². The van der Waals surface area contributed by atoms with E-state index in [-0.39, 0.29) is 17.8 Å². The van der Waals surface area contributed by atoms with Gasteiger partial charge < -0.3 is 15.0 Å². The number of esters is 1. The molecule has 7 nitrogen and oxygen atoms in total. The lowest BCUT2D eigenvalue weighted by molar-refractivity contribution is -0.151. The summed E-state index contributed by atoms with van der Waals surface area (Å²) in [6, 6.07) is 7.98. The largest absolute Gasteiger partial charge is 0.466 e. The van der Waals surface area contributed by atoms with Crippen LogP contribution in [-0.4, -0.2) is 52.4 Å². The lowest BCUT2D eigenvalue weighted by Crippen LogP contribution is -2.41. The SMILES string of the molecule is CCOC(=O)C1CCN(C(=O)CSc2nnc(Nc3ccccc3C)s2)CC1. The number of aromatic nitrogens is 2. The van der Waals surface area contributed by atoms with E-state index in [0.717, 1.165) is 15.6 Å². The molecule has 1 fully saturated rings. The van der Waals surface area contributed by atoms with Crippen LogP contribution in [0.4, 0.5) is 10.8 Å². The van der Waals surface area contributed by atoms with Crippen molar-refractivity contribution < 1.29 is 14.3 Å². The molecule has 150 valence electrons. The van der Waals surface area contributed by atoms with Gasteiger partial charge in [0.05, 0.1) is 18.3 Å². The summed E-state index contributed by atoms with van der Waals surface area (Å²) >= 11 is 2.83. The van der Waals surface area contributed by atoms with Crippen LogP contribution < -0.4 is 5.32 Å². The highest BCUT2D eigenvalue weighted by molar-refractivity contribution is 8.01. The Hall–Kier alpha value is -2.13. The molecule has 2 heterocycles. The number of rotatable bonds is 7. The lowest BCUT2D eigenvalue weighted by Gasteiger charge is -2.30. The molecule has 0 unspecified atom stereocenters. The zero-order valence-electron chi connectivity index (χ0n) is 16.0. The molecular weight excluding hydrogens is 396 g/mol. The number of aryl methyl sites for hydroxylation is 1. The molecule has 0 aliphatic carbocycles. The van der Waals surface area contributed by atoms with E-state index in [1.165, 1.54) is 23.1 Å². The third kappa shape index (κ3) is 5.45. The quantitative estimate of drug-likeness (QED) is 0.542. The molecule has 28 heavy (non-hydrogen) atoms. The number of likely N-dealkylation sites (tertiary alicyclic amines) is 1.